The van der Waals surface area contributed by atoms with Crippen LogP contribution in [0.1, 0.15) is 55.5 Å². The lowest BCUT2D eigenvalue weighted by atomic mass is 9.97. The molecule has 1 aliphatic rings. The summed E-state index contributed by atoms with van der Waals surface area (Å²) in [5.74, 6) is 0.711. The Morgan fingerprint density at radius 2 is 1.68 bits per heavy atom. The van der Waals surface area contributed by atoms with Crippen LogP contribution in [0, 0.1) is 5.92 Å². The summed E-state index contributed by atoms with van der Waals surface area (Å²) in [6.45, 7) is 9.33. The van der Waals surface area contributed by atoms with Gasteiger partial charge in [0.2, 0.25) is 0 Å². The molecule has 1 amide bonds. The van der Waals surface area contributed by atoms with Crippen LogP contribution in [0.15, 0.2) is 30.8 Å². The van der Waals surface area contributed by atoms with Crippen LogP contribution in [0.5, 0.6) is 0 Å². The summed E-state index contributed by atoms with van der Waals surface area (Å²) in [6.07, 6.45) is 4.71. The molecule has 2 nitrogen and oxygen atoms in total. The van der Waals surface area contributed by atoms with Crippen molar-refractivity contribution in [3.05, 3.63) is 42.0 Å². The lowest BCUT2D eigenvalue weighted by Gasteiger charge is -2.24. The van der Waals surface area contributed by atoms with Gasteiger partial charge in [-0.05, 0) is 24.8 Å². The summed E-state index contributed by atoms with van der Waals surface area (Å²) in [5, 5.41) is 0. The topological polar surface area (TPSA) is 20.3 Å². The molecule has 0 bridgehead atoms. The highest BCUT2D eigenvalue weighted by Gasteiger charge is 2.31. The third kappa shape index (κ3) is 2.73. The third-order valence-electron chi connectivity index (χ3n) is 3.87. The molecule has 0 radical (unpaired) electrons. The molecule has 0 N–H and O–H groups in total. The van der Waals surface area contributed by atoms with Crippen LogP contribution in [0.25, 0.3) is 5.70 Å². The van der Waals surface area contributed by atoms with Gasteiger partial charge in [0.05, 0.1) is 0 Å². The van der Waals surface area contributed by atoms with Gasteiger partial charge in [0.15, 0.2) is 0 Å². The average Bonchev–Trinajstić information content (AvgIpc) is 2.65. The molecule has 0 spiro atoms. The standard InChI is InChI=1S/C17H23NO/c1-4-8-14(9-5-2)12-18-13(3)15-10-6-7-11-16(15)17(18)19/h6-7,10-11,14H,3-5,8-9,12H2,1-2H3. The first-order chi connectivity index (χ1) is 9.19. The van der Waals surface area contributed by atoms with Crippen molar-refractivity contribution in [2.75, 3.05) is 6.54 Å². The van der Waals surface area contributed by atoms with E-state index in [1.807, 2.05) is 29.2 Å². The summed E-state index contributed by atoms with van der Waals surface area (Å²) in [7, 11) is 0. The van der Waals surface area contributed by atoms with Crippen LogP contribution in [0.2, 0.25) is 0 Å². The minimum Gasteiger partial charge on any atom is -0.308 e. The molecule has 0 saturated carbocycles. The van der Waals surface area contributed by atoms with E-state index < -0.39 is 0 Å². The Bertz CT molecular complexity index is 437. The van der Waals surface area contributed by atoms with Gasteiger partial charge in [0.1, 0.15) is 0 Å². The summed E-state index contributed by atoms with van der Waals surface area (Å²) < 4.78 is 0. The van der Waals surface area contributed by atoms with E-state index in [0.717, 1.165) is 23.4 Å². The van der Waals surface area contributed by atoms with Gasteiger partial charge in [-0.1, -0.05) is 51.5 Å². The number of carbonyl (C=O) groups excluding carboxylic acids is 1. The maximum absolute atomic E-state index is 12.4. The molecule has 1 aliphatic heterocycles. The number of benzene rings is 1. The zero-order valence-corrected chi connectivity index (χ0v) is 12.0. The molecule has 2 heteroatoms. The molecule has 19 heavy (non-hydrogen) atoms. The third-order valence-corrected chi connectivity index (χ3v) is 3.87. The molecule has 0 aliphatic carbocycles. The Hall–Kier alpha value is -1.57. The van der Waals surface area contributed by atoms with Crippen LogP contribution >= 0.6 is 0 Å². The molecule has 0 saturated heterocycles. The number of nitrogens with zero attached hydrogens (tertiary/aromatic N) is 1. The van der Waals surface area contributed by atoms with E-state index >= 15 is 0 Å². The van der Waals surface area contributed by atoms with Crippen LogP contribution in [-0.4, -0.2) is 17.4 Å². The highest BCUT2D eigenvalue weighted by atomic mass is 16.2. The van der Waals surface area contributed by atoms with Crippen LogP contribution in [-0.2, 0) is 0 Å². The molecule has 0 fully saturated rings. The van der Waals surface area contributed by atoms with Gasteiger partial charge >= 0.3 is 0 Å². The zero-order valence-electron chi connectivity index (χ0n) is 12.0. The second-order valence-corrected chi connectivity index (χ2v) is 5.35. The molecule has 1 aromatic rings. The molecule has 1 aromatic carbocycles. The van der Waals surface area contributed by atoms with Crippen molar-refractivity contribution in [2.24, 2.45) is 5.92 Å². The fourth-order valence-electron chi connectivity index (χ4n) is 2.93. The largest absolute Gasteiger partial charge is 0.308 e. The minimum atomic E-state index is 0.123. The summed E-state index contributed by atoms with van der Waals surface area (Å²) in [6, 6.07) is 7.78. The predicted octanol–water partition coefficient (Wildman–Crippen LogP) is 4.33. The van der Waals surface area contributed by atoms with Gasteiger partial charge in [0.25, 0.3) is 5.91 Å². The molecular weight excluding hydrogens is 234 g/mol. The first kappa shape index (κ1) is 13.9. The van der Waals surface area contributed by atoms with Crippen LogP contribution in [0.4, 0.5) is 0 Å². The van der Waals surface area contributed by atoms with Gasteiger partial charge in [0, 0.05) is 23.4 Å². The predicted molar refractivity (Wildman–Crippen MR) is 79.8 cm³/mol. The van der Waals surface area contributed by atoms with Crippen molar-refractivity contribution in [3.63, 3.8) is 0 Å². The number of rotatable bonds is 6. The average molecular weight is 257 g/mol. The Kier molecular flexibility index (Phi) is 4.41. The van der Waals surface area contributed by atoms with Crippen molar-refractivity contribution in [3.8, 4) is 0 Å². The molecular formula is C17H23NO. The first-order valence-corrected chi connectivity index (χ1v) is 7.29. The van der Waals surface area contributed by atoms with E-state index in [1.165, 1.54) is 25.7 Å². The Balaban J connectivity index is 2.15. The molecule has 0 atom stereocenters. The van der Waals surface area contributed by atoms with E-state index in [-0.39, 0.29) is 5.91 Å². The fourth-order valence-corrected chi connectivity index (χ4v) is 2.93. The van der Waals surface area contributed by atoms with E-state index in [0.29, 0.717) is 5.92 Å². The second-order valence-electron chi connectivity index (χ2n) is 5.35. The van der Waals surface area contributed by atoms with Gasteiger partial charge in [-0.3, -0.25) is 4.79 Å². The second kappa shape index (κ2) is 6.05. The number of hydrogen-bond donors (Lipinski definition) is 0. The van der Waals surface area contributed by atoms with E-state index in [4.69, 9.17) is 0 Å². The molecule has 0 aromatic heterocycles. The highest BCUT2D eigenvalue weighted by Crippen LogP contribution is 2.32. The van der Waals surface area contributed by atoms with Crippen LogP contribution in [0.3, 0.4) is 0 Å². The van der Waals surface area contributed by atoms with Crippen molar-refractivity contribution in [2.45, 2.75) is 39.5 Å². The first-order valence-electron chi connectivity index (χ1n) is 7.29. The minimum absolute atomic E-state index is 0.123. The number of amides is 1. The Morgan fingerprint density at radius 3 is 2.21 bits per heavy atom. The Labute approximate surface area is 116 Å². The number of hydrogen-bond acceptors (Lipinski definition) is 1. The van der Waals surface area contributed by atoms with Gasteiger partial charge in [-0.2, -0.15) is 0 Å². The number of carbonyl (C=O) groups is 1. The highest BCUT2D eigenvalue weighted by molar-refractivity contribution is 6.08. The van der Waals surface area contributed by atoms with E-state index in [9.17, 15) is 4.79 Å². The fraction of sp³-hybridized carbons (Fsp3) is 0.471. The quantitative estimate of drug-likeness (QED) is 0.742. The molecule has 2 rings (SSSR count). The van der Waals surface area contributed by atoms with E-state index in [2.05, 4.69) is 20.4 Å². The summed E-state index contributed by atoms with van der Waals surface area (Å²) in [4.78, 5) is 14.3. The maximum atomic E-state index is 12.4. The zero-order chi connectivity index (χ0) is 13.8. The smallest absolute Gasteiger partial charge is 0.258 e. The normalized spacial score (nSPS) is 14.4. The van der Waals surface area contributed by atoms with Crippen molar-refractivity contribution in [1.29, 1.82) is 0 Å². The summed E-state index contributed by atoms with van der Waals surface area (Å²) >= 11 is 0. The van der Waals surface area contributed by atoms with Crippen molar-refractivity contribution < 1.29 is 4.79 Å². The van der Waals surface area contributed by atoms with Gasteiger partial charge in [-0.25, -0.2) is 0 Å². The monoisotopic (exact) mass is 257 g/mol. The van der Waals surface area contributed by atoms with Crippen LogP contribution < -0.4 is 0 Å². The van der Waals surface area contributed by atoms with Crippen molar-refractivity contribution >= 4 is 11.6 Å². The maximum Gasteiger partial charge on any atom is 0.258 e. The molecule has 1 heterocycles. The summed E-state index contributed by atoms with van der Waals surface area (Å²) in [5.41, 5.74) is 2.68. The molecule has 102 valence electrons. The lowest BCUT2D eigenvalue weighted by molar-refractivity contribution is 0.0829. The molecule has 0 unspecified atom stereocenters. The lowest BCUT2D eigenvalue weighted by Crippen LogP contribution is -2.29. The Morgan fingerprint density at radius 1 is 1.11 bits per heavy atom. The van der Waals surface area contributed by atoms with Gasteiger partial charge in [-0.15, -0.1) is 0 Å². The number of fused-ring (bicyclic) bond motifs is 1. The SMILES string of the molecule is C=C1c2ccccc2C(=O)N1CC(CCC)CCC. The van der Waals surface area contributed by atoms with Crippen molar-refractivity contribution in [1.82, 2.24) is 4.90 Å². The van der Waals surface area contributed by atoms with E-state index in [1.54, 1.807) is 0 Å². The van der Waals surface area contributed by atoms with Gasteiger partial charge < -0.3 is 4.90 Å².